The Morgan fingerprint density at radius 1 is 1.33 bits per heavy atom. The summed E-state index contributed by atoms with van der Waals surface area (Å²) in [5, 5.41) is 9.37. The Balaban J connectivity index is 1.60. The molecule has 3 atom stereocenters. The Bertz CT molecular complexity index is 698. The van der Waals surface area contributed by atoms with Gasteiger partial charge in [0.25, 0.3) is 0 Å². The predicted molar refractivity (Wildman–Crippen MR) is 94.6 cm³/mol. The average molecular weight is 384 g/mol. The minimum atomic E-state index is -4.71. The lowest BCUT2D eigenvalue weighted by Crippen LogP contribution is -2.51. The van der Waals surface area contributed by atoms with Crippen molar-refractivity contribution >= 4 is 11.9 Å². The predicted octanol–water partition coefficient (Wildman–Crippen LogP) is 2.27. The van der Waals surface area contributed by atoms with E-state index in [9.17, 15) is 18.0 Å². The third kappa shape index (κ3) is 5.51. The number of carbonyl (C=O) groups is 1. The van der Waals surface area contributed by atoms with Crippen molar-refractivity contribution < 1.29 is 22.7 Å². The zero-order valence-corrected chi connectivity index (χ0v) is 15.0. The van der Waals surface area contributed by atoms with E-state index in [1.54, 1.807) is 12.1 Å². The molecule has 0 aromatic heterocycles. The van der Waals surface area contributed by atoms with Gasteiger partial charge in [0.15, 0.2) is 5.96 Å². The van der Waals surface area contributed by atoms with Crippen LogP contribution in [0.3, 0.4) is 0 Å². The van der Waals surface area contributed by atoms with E-state index in [4.69, 9.17) is 0 Å². The van der Waals surface area contributed by atoms with Gasteiger partial charge >= 0.3 is 6.36 Å². The molecule has 9 heteroatoms. The molecule has 0 bridgehead atoms. The molecular weight excluding hydrogens is 361 g/mol. The molecule has 27 heavy (non-hydrogen) atoms. The maximum atomic E-state index is 12.6. The molecule has 1 aromatic rings. The van der Waals surface area contributed by atoms with Crippen LogP contribution in [0.2, 0.25) is 0 Å². The van der Waals surface area contributed by atoms with E-state index < -0.39 is 6.36 Å². The molecule has 3 unspecified atom stereocenters. The molecule has 3 rings (SSSR count). The molecule has 1 aliphatic carbocycles. The Hall–Kier alpha value is -2.45. The number of para-hydroxylation sites is 1. The van der Waals surface area contributed by atoms with Crippen LogP contribution >= 0.6 is 0 Å². The summed E-state index contributed by atoms with van der Waals surface area (Å²) in [6, 6.07) is 6.30. The molecule has 1 aromatic carbocycles. The van der Waals surface area contributed by atoms with Gasteiger partial charge in [0.1, 0.15) is 5.75 Å². The first kappa shape index (κ1) is 19.3. The first-order valence-corrected chi connectivity index (χ1v) is 9.04. The van der Waals surface area contributed by atoms with Gasteiger partial charge in [-0.1, -0.05) is 18.2 Å². The smallest absolute Gasteiger partial charge is 0.405 e. The molecule has 1 aliphatic heterocycles. The number of halogens is 3. The lowest BCUT2D eigenvalue weighted by Gasteiger charge is -2.25. The molecular formula is C18H23F3N4O2. The lowest BCUT2D eigenvalue weighted by molar-refractivity contribution is -0.274. The molecule has 1 saturated carbocycles. The van der Waals surface area contributed by atoms with Gasteiger partial charge in [-0.15, -0.1) is 13.2 Å². The summed E-state index contributed by atoms with van der Waals surface area (Å²) in [7, 11) is 0. The van der Waals surface area contributed by atoms with E-state index >= 15 is 0 Å². The molecule has 3 N–H and O–H groups in total. The fourth-order valence-corrected chi connectivity index (χ4v) is 3.22. The Labute approximate surface area is 155 Å². The molecule has 0 radical (unpaired) electrons. The fraction of sp³-hybridized carbons (Fsp3) is 0.556. The minimum Gasteiger partial charge on any atom is -0.405 e. The lowest BCUT2D eigenvalue weighted by atomic mass is 10.1. The van der Waals surface area contributed by atoms with Gasteiger partial charge in [0, 0.05) is 37.5 Å². The van der Waals surface area contributed by atoms with Gasteiger partial charge in [-0.05, 0) is 31.4 Å². The Kier molecular flexibility index (Phi) is 5.76. The number of amides is 1. The van der Waals surface area contributed by atoms with E-state index in [0.717, 1.165) is 0 Å². The highest BCUT2D eigenvalue weighted by molar-refractivity contribution is 5.82. The largest absolute Gasteiger partial charge is 0.573 e. The summed E-state index contributed by atoms with van der Waals surface area (Å²) in [6.07, 6.45) is -2.84. The normalized spacial score (nSPS) is 25.6. The number of rotatable bonds is 5. The summed E-state index contributed by atoms with van der Waals surface area (Å²) in [5.74, 6) is 0.425. The molecule has 2 fully saturated rings. The SMILES string of the molecule is CCN=C(NC1CCC(=O)NC1)NC1CC1c1ccccc1OC(F)(F)F. The number of carbonyl (C=O) groups excluding carboxylic acids is 1. The van der Waals surface area contributed by atoms with Crippen LogP contribution in [-0.2, 0) is 4.79 Å². The van der Waals surface area contributed by atoms with Crippen LogP contribution in [0.4, 0.5) is 13.2 Å². The van der Waals surface area contributed by atoms with Crippen LogP contribution in [0.1, 0.15) is 37.7 Å². The van der Waals surface area contributed by atoms with E-state index in [1.165, 1.54) is 12.1 Å². The summed E-state index contributed by atoms with van der Waals surface area (Å²) in [6.45, 7) is 3.00. The van der Waals surface area contributed by atoms with E-state index in [1.807, 2.05) is 6.92 Å². The van der Waals surface area contributed by atoms with Crippen LogP contribution < -0.4 is 20.7 Å². The first-order valence-electron chi connectivity index (χ1n) is 9.04. The maximum Gasteiger partial charge on any atom is 0.573 e. The summed E-state index contributed by atoms with van der Waals surface area (Å²) in [4.78, 5) is 15.7. The number of ether oxygens (including phenoxy) is 1. The molecule has 1 saturated heterocycles. The third-order valence-corrected chi connectivity index (χ3v) is 4.58. The van der Waals surface area contributed by atoms with Crippen molar-refractivity contribution in [3.05, 3.63) is 29.8 Å². The topological polar surface area (TPSA) is 74.8 Å². The van der Waals surface area contributed by atoms with Crippen LogP contribution in [0, 0.1) is 0 Å². The number of hydrogen-bond donors (Lipinski definition) is 3. The van der Waals surface area contributed by atoms with Crippen LogP contribution in [0.15, 0.2) is 29.3 Å². The Morgan fingerprint density at radius 2 is 2.11 bits per heavy atom. The number of benzene rings is 1. The van der Waals surface area contributed by atoms with Gasteiger partial charge in [0.2, 0.25) is 5.91 Å². The second-order valence-corrected chi connectivity index (χ2v) is 6.69. The van der Waals surface area contributed by atoms with E-state index in [0.29, 0.717) is 43.9 Å². The monoisotopic (exact) mass is 384 g/mol. The number of aliphatic imine (C=N–C) groups is 1. The molecule has 6 nitrogen and oxygen atoms in total. The van der Waals surface area contributed by atoms with E-state index in [-0.39, 0.29) is 29.7 Å². The number of nitrogens with one attached hydrogen (secondary N) is 3. The summed E-state index contributed by atoms with van der Waals surface area (Å²) < 4.78 is 42.0. The molecule has 1 heterocycles. The first-order chi connectivity index (χ1) is 12.9. The summed E-state index contributed by atoms with van der Waals surface area (Å²) >= 11 is 0. The van der Waals surface area contributed by atoms with Gasteiger partial charge in [0.05, 0.1) is 0 Å². The second kappa shape index (κ2) is 8.06. The highest BCUT2D eigenvalue weighted by atomic mass is 19.4. The van der Waals surface area contributed by atoms with Crippen molar-refractivity contribution in [1.82, 2.24) is 16.0 Å². The van der Waals surface area contributed by atoms with Crippen LogP contribution in [0.25, 0.3) is 0 Å². The Morgan fingerprint density at radius 3 is 2.78 bits per heavy atom. The number of guanidine groups is 1. The van der Waals surface area contributed by atoms with Gasteiger partial charge in [-0.2, -0.15) is 0 Å². The summed E-state index contributed by atoms with van der Waals surface area (Å²) in [5.41, 5.74) is 0.535. The average Bonchev–Trinajstić information content (AvgIpc) is 3.35. The molecule has 0 spiro atoms. The number of piperidine rings is 1. The highest BCUT2D eigenvalue weighted by Gasteiger charge is 2.42. The molecule has 148 valence electrons. The van der Waals surface area contributed by atoms with Crippen molar-refractivity contribution in [3.63, 3.8) is 0 Å². The number of alkyl halides is 3. The van der Waals surface area contributed by atoms with Gasteiger partial charge < -0.3 is 20.7 Å². The molecule has 2 aliphatic rings. The van der Waals surface area contributed by atoms with Gasteiger partial charge in [-0.25, -0.2) is 0 Å². The maximum absolute atomic E-state index is 12.6. The van der Waals surface area contributed by atoms with Crippen molar-refractivity contribution in [1.29, 1.82) is 0 Å². The van der Waals surface area contributed by atoms with Crippen LogP contribution in [0.5, 0.6) is 5.75 Å². The molecule has 1 amide bonds. The third-order valence-electron chi connectivity index (χ3n) is 4.58. The fourth-order valence-electron chi connectivity index (χ4n) is 3.22. The zero-order chi connectivity index (χ0) is 19.4. The van der Waals surface area contributed by atoms with Crippen LogP contribution in [-0.4, -0.2) is 43.4 Å². The quantitative estimate of drug-likeness (QED) is 0.538. The number of nitrogens with zero attached hydrogens (tertiary/aromatic N) is 1. The minimum absolute atomic E-state index is 0.0148. The highest BCUT2D eigenvalue weighted by Crippen LogP contribution is 2.45. The van der Waals surface area contributed by atoms with Gasteiger partial charge in [-0.3, -0.25) is 9.79 Å². The zero-order valence-electron chi connectivity index (χ0n) is 15.0. The second-order valence-electron chi connectivity index (χ2n) is 6.69. The van der Waals surface area contributed by atoms with E-state index in [2.05, 4.69) is 25.7 Å². The van der Waals surface area contributed by atoms with Crippen molar-refractivity contribution in [2.24, 2.45) is 4.99 Å². The van der Waals surface area contributed by atoms with Crippen molar-refractivity contribution in [2.75, 3.05) is 13.1 Å². The standard InChI is InChI=1S/C18H23F3N4O2/c1-2-22-17(24-11-7-8-16(26)23-10-11)25-14-9-13(14)12-5-3-4-6-15(12)27-18(19,20)21/h3-6,11,13-14H,2,7-10H2,1H3,(H,23,26)(H2,22,24,25). The van der Waals surface area contributed by atoms with Crippen molar-refractivity contribution in [2.45, 2.75) is 50.6 Å². The number of hydrogen-bond acceptors (Lipinski definition) is 3. The van der Waals surface area contributed by atoms with Crippen molar-refractivity contribution in [3.8, 4) is 5.75 Å².